The van der Waals surface area contributed by atoms with Gasteiger partial charge in [0.15, 0.2) is 0 Å². The average Bonchev–Trinajstić information content (AvgIpc) is 2.81. The predicted octanol–water partition coefficient (Wildman–Crippen LogP) is 0.743. The third-order valence-electron chi connectivity index (χ3n) is 3.56. The summed E-state index contributed by atoms with van der Waals surface area (Å²) in [5.74, 6) is -2.41. The molecular formula is C15H10ClN3O5. The zero-order valence-corrected chi connectivity index (χ0v) is 13.0. The molecule has 3 rings (SSSR count). The van der Waals surface area contributed by atoms with Gasteiger partial charge >= 0.3 is 5.97 Å². The first-order valence-corrected chi connectivity index (χ1v) is 7.02. The number of carbonyl (C=O) groups excluding carboxylic acids is 3. The molecule has 9 heteroatoms. The first-order valence-electron chi connectivity index (χ1n) is 6.64. The Morgan fingerprint density at radius 2 is 1.92 bits per heavy atom. The van der Waals surface area contributed by atoms with E-state index in [0.29, 0.717) is 0 Å². The smallest absolute Gasteiger partial charge is 0.339 e. The van der Waals surface area contributed by atoms with Crippen molar-refractivity contribution in [3.05, 3.63) is 56.3 Å². The van der Waals surface area contributed by atoms with Crippen LogP contribution < -0.4 is 16.6 Å². The number of methoxy groups -OCH3 is 1. The summed E-state index contributed by atoms with van der Waals surface area (Å²) in [5, 5.41) is 2.30. The Labute approximate surface area is 139 Å². The van der Waals surface area contributed by atoms with Crippen LogP contribution in [0.3, 0.4) is 0 Å². The fraction of sp³-hybridized carbons (Fsp3) is 0.0667. The number of imide groups is 1. The van der Waals surface area contributed by atoms with E-state index in [0.717, 1.165) is 10.6 Å². The van der Waals surface area contributed by atoms with Gasteiger partial charge in [-0.1, -0.05) is 11.6 Å². The summed E-state index contributed by atoms with van der Waals surface area (Å²) in [6.45, 7) is 0. The number of aromatic nitrogens is 1. The first kappa shape index (κ1) is 15.8. The van der Waals surface area contributed by atoms with Crippen molar-refractivity contribution in [3.8, 4) is 5.69 Å². The summed E-state index contributed by atoms with van der Waals surface area (Å²) in [6.07, 6.45) is 0. The van der Waals surface area contributed by atoms with Gasteiger partial charge in [0.1, 0.15) is 5.82 Å². The topological polar surface area (TPSA) is 120 Å². The third kappa shape index (κ3) is 2.24. The molecule has 2 aromatic rings. The van der Waals surface area contributed by atoms with Gasteiger partial charge in [-0.25, -0.2) is 4.79 Å². The summed E-state index contributed by atoms with van der Waals surface area (Å²) in [6, 6.07) is 5.14. The van der Waals surface area contributed by atoms with E-state index in [1.165, 1.54) is 25.3 Å². The van der Waals surface area contributed by atoms with Crippen LogP contribution in [0.25, 0.3) is 5.69 Å². The normalized spacial score (nSPS) is 12.8. The molecular weight excluding hydrogens is 338 g/mol. The van der Waals surface area contributed by atoms with Crippen LogP contribution >= 0.6 is 11.6 Å². The molecule has 0 bridgehead atoms. The van der Waals surface area contributed by atoms with Gasteiger partial charge in [-0.3, -0.25) is 24.3 Å². The molecule has 0 saturated heterocycles. The summed E-state index contributed by atoms with van der Waals surface area (Å²) in [5.41, 5.74) is 5.08. The highest BCUT2D eigenvalue weighted by Gasteiger charge is 2.32. The number of hydrogen-bond acceptors (Lipinski definition) is 6. The van der Waals surface area contributed by atoms with Crippen LogP contribution in [-0.2, 0) is 4.74 Å². The van der Waals surface area contributed by atoms with Gasteiger partial charge in [0.2, 0.25) is 0 Å². The van der Waals surface area contributed by atoms with Crippen molar-refractivity contribution < 1.29 is 19.1 Å². The minimum absolute atomic E-state index is 0.0281. The van der Waals surface area contributed by atoms with Crippen molar-refractivity contribution in [2.45, 2.75) is 0 Å². The Morgan fingerprint density at radius 1 is 1.21 bits per heavy atom. The second kappa shape index (κ2) is 5.50. The Balaban J connectivity index is 2.37. The zero-order valence-electron chi connectivity index (χ0n) is 12.3. The second-order valence-electron chi connectivity index (χ2n) is 4.93. The van der Waals surface area contributed by atoms with Crippen molar-refractivity contribution in [2.75, 3.05) is 12.8 Å². The van der Waals surface area contributed by atoms with E-state index >= 15 is 0 Å². The van der Waals surface area contributed by atoms with E-state index in [2.05, 4.69) is 10.1 Å². The number of benzene rings is 1. The van der Waals surface area contributed by atoms with Crippen molar-refractivity contribution in [1.82, 2.24) is 9.88 Å². The molecule has 0 unspecified atom stereocenters. The van der Waals surface area contributed by atoms with Crippen LogP contribution in [0.5, 0.6) is 0 Å². The molecule has 1 aliphatic heterocycles. The van der Waals surface area contributed by atoms with E-state index in [9.17, 15) is 19.2 Å². The highest BCUT2D eigenvalue weighted by molar-refractivity contribution is 6.31. The number of halogens is 1. The summed E-state index contributed by atoms with van der Waals surface area (Å²) in [4.78, 5) is 47.9. The maximum Gasteiger partial charge on any atom is 0.339 e. The number of fused-ring (bicyclic) bond motifs is 1. The SMILES string of the molecule is COC(=O)c1ccc(Cl)cc1-n1c(N)c2c(cc1=O)C(=O)NC2=O. The average molecular weight is 348 g/mol. The Morgan fingerprint density at radius 3 is 2.58 bits per heavy atom. The first-order chi connectivity index (χ1) is 11.3. The number of carbonyl (C=O) groups is 3. The zero-order chi connectivity index (χ0) is 17.6. The number of nitrogen functional groups attached to an aromatic ring is 1. The molecule has 24 heavy (non-hydrogen) atoms. The number of nitrogens with zero attached hydrogens (tertiary/aromatic N) is 1. The van der Waals surface area contributed by atoms with Crippen LogP contribution in [0, 0.1) is 0 Å². The fourth-order valence-electron chi connectivity index (χ4n) is 2.50. The van der Waals surface area contributed by atoms with E-state index in [1.807, 2.05) is 0 Å². The van der Waals surface area contributed by atoms with Gasteiger partial charge in [-0.05, 0) is 18.2 Å². The van der Waals surface area contributed by atoms with Gasteiger partial charge < -0.3 is 10.5 Å². The van der Waals surface area contributed by atoms with Gasteiger partial charge in [-0.15, -0.1) is 0 Å². The molecule has 0 fully saturated rings. The van der Waals surface area contributed by atoms with Gasteiger partial charge in [-0.2, -0.15) is 0 Å². The van der Waals surface area contributed by atoms with Crippen LogP contribution in [0.4, 0.5) is 5.82 Å². The molecule has 0 radical (unpaired) electrons. The molecule has 2 heterocycles. The Hall–Kier alpha value is -3.13. The molecule has 0 atom stereocenters. The number of amides is 2. The van der Waals surface area contributed by atoms with E-state index in [4.69, 9.17) is 17.3 Å². The van der Waals surface area contributed by atoms with Gasteiger partial charge in [0.05, 0.1) is 29.5 Å². The lowest BCUT2D eigenvalue weighted by molar-refractivity contribution is 0.0600. The lowest BCUT2D eigenvalue weighted by Crippen LogP contribution is -2.25. The molecule has 1 aromatic heterocycles. The number of esters is 1. The number of anilines is 1. The Bertz CT molecular complexity index is 980. The number of rotatable bonds is 2. The van der Waals surface area contributed by atoms with E-state index in [1.54, 1.807) is 0 Å². The van der Waals surface area contributed by atoms with Crippen molar-refractivity contribution in [1.29, 1.82) is 0 Å². The van der Waals surface area contributed by atoms with Gasteiger partial charge in [0.25, 0.3) is 17.4 Å². The van der Waals surface area contributed by atoms with E-state index in [-0.39, 0.29) is 33.2 Å². The standard InChI is InChI=1S/C15H10ClN3O5/c1-24-15(23)7-3-2-6(16)4-9(7)19-10(20)5-8-11(12(19)17)14(22)18-13(8)21/h2-5H,17H2,1H3,(H,18,21,22). The monoisotopic (exact) mass is 347 g/mol. The van der Waals surface area contributed by atoms with Crippen molar-refractivity contribution in [3.63, 3.8) is 0 Å². The van der Waals surface area contributed by atoms with Crippen LogP contribution in [0.15, 0.2) is 29.1 Å². The summed E-state index contributed by atoms with van der Waals surface area (Å²) >= 11 is 5.95. The van der Waals surface area contributed by atoms with Crippen LogP contribution in [-0.4, -0.2) is 29.5 Å². The lowest BCUT2D eigenvalue weighted by atomic mass is 10.1. The molecule has 1 aliphatic rings. The van der Waals surface area contributed by atoms with Crippen molar-refractivity contribution in [2.24, 2.45) is 0 Å². The number of nitrogens with one attached hydrogen (secondary N) is 1. The summed E-state index contributed by atoms with van der Waals surface area (Å²) in [7, 11) is 1.18. The maximum absolute atomic E-state index is 12.4. The molecule has 0 saturated carbocycles. The van der Waals surface area contributed by atoms with Crippen molar-refractivity contribution >= 4 is 35.2 Å². The predicted molar refractivity (Wildman–Crippen MR) is 84.6 cm³/mol. The van der Waals surface area contributed by atoms with Crippen LogP contribution in [0.1, 0.15) is 31.1 Å². The Kier molecular flexibility index (Phi) is 3.61. The number of nitrogens with two attached hydrogens (primary N) is 1. The molecule has 122 valence electrons. The summed E-state index contributed by atoms with van der Waals surface area (Å²) < 4.78 is 5.62. The maximum atomic E-state index is 12.4. The molecule has 2 amide bonds. The van der Waals surface area contributed by atoms with Gasteiger partial charge in [0, 0.05) is 11.1 Å². The molecule has 0 aliphatic carbocycles. The molecule has 3 N–H and O–H groups in total. The quantitative estimate of drug-likeness (QED) is 0.610. The highest BCUT2D eigenvalue weighted by Crippen LogP contribution is 2.26. The second-order valence-corrected chi connectivity index (χ2v) is 5.36. The molecule has 0 spiro atoms. The number of ether oxygens (including phenoxy) is 1. The lowest BCUT2D eigenvalue weighted by Gasteiger charge is -2.15. The minimum atomic E-state index is -0.720. The minimum Gasteiger partial charge on any atom is -0.465 e. The third-order valence-corrected chi connectivity index (χ3v) is 3.79. The highest BCUT2D eigenvalue weighted by atomic mass is 35.5. The molecule has 1 aromatic carbocycles. The number of pyridine rings is 1. The largest absolute Gasteiger partial charge is 0.465 e. The van der Waals surface area contributed by atoms with E-state index < -0.39 is 23.3 Å². The van der Waals surface area contributed by atoms with Crippen LogP contribution in [0.2, 0.25) is 5.02 Å². The fourth-order valence-corrected chi connectivity index (χ4v) is 2.67. The molecule has 8 nitrogen and oxygen atoms in total. The number of hydrogen-bond donors (Lipinski definition) is 2.